The Morgan fingerprint density at radius 1 is 1.12 bits per heavy atom. The van der Waals surface area contributed by atoms with Gasteiger partial charge in [0.25, 0.3) is 5.56 Å². The van der Waals surface area contributed by atoms with Gasteiger partial charge in [-0.15, -0.1) is 5.10 Å². The highest BCUT2D eigenvalue weighted by Gasteiger charge is 2.54. The van der Waals surface area contributed by atoms with Crippen molar-refractivity contribution in [1.29, 1.82) is 0 Å². The molecule has 9 nitrogen and oxygen atoms in total. The Bertz CT molecular complexity index is 1990. The molecule has 210 valence electrons. The number of benzene rings is 2. The van der Waals surface area contributed by atoms with E-state index < -0.39 is 5.95 Å². The minimum Gasteiger partial charge on any atom is -0.359 e. The van der Waals surface area contributed by atoms with Crippen LogP contribution in [0.5, 0.6) is 0 Å². The standard InChI is InChI=1S/C31H26ClFN8O/c1-15-31(2,3)13-18-8-16(4-6-23(18)35-15)27-29(33)37-30(36-27)28-22-12-21(22)25-9-17(10-26(42)41(25)28)20-11-19(32)5-7-24(20)40-14-34-38-39-40/h4-11,14,21-22,28,35H,1,12-13H2,2-3H3,(H,36,37). The van der Waals surface area contributed by atoms with Gasteiger partial charge in [-0.05, 0) is 76.7 Å². The summed E-state index contributed by atoms with van der Waals surface area (Å²) in [5, 5.41) is 15.4. The first-order valence-corrected chi connectivity index (χ1v) is 14.2. The molecular weight excluding hydrogens is 555 g/mol. The summed E-state index contributed by atoms with van der Waals surface area (Å²) in [6, 6.07) is 14.5. The Morgan fingerprint density at radius 3 is 2.79 bits per heavy atom. The van der Waals surface area contributed by atoms with Crippen molar-refractivity contribution in [2.45, 2.75) is 38.6 Å². The van der Waals surface area contributed by atoms with Crippen LogP contribution in [-0.4, -0.2) is 34.7 Å². The molecule has 2 aliphatic heterocycles. The van der Waals surface area contributed by atoms with Crippen LogP contribution in [0.1, 0.15) is 49.3 Å². The van der Waals surface area contributed by atoms with E-state index in [-0.39, 0.29) is 34.5 Å². The third kappa shape index (κ3) is 3.78. The number of anilines is 1. The van der Waals surface area contributed by atoms with Gasteiger partial charge in [-0.25, -0.2) is 4.98 Å². The summed E-state index contributed by atoms with van der Waals surface area (Å²) in [6.07, 6.45) is 3.20. The number of H-pyrrole nitrogens is 1. The van der Waals surface area contributed by atoms with Gasteiger partial charge in [0.2, 0.25) is 5.95 Å². The predicted octanol–water partition coefficient (Wildman–Crippen LogP) is 5.89. The van der Waals surface area contributed by atoms with Crippen molar-refractivity contribution >= 4 is 17.3 Å². The maximum absolute atomic E-state index is 15.4. The molecule has 11 heteroatoms. The van der Waals surface area contributed by atoms with Crippen molar-refractivity contribution < 1.29 is 4.39 Å². The maximum Gasteiger partial charge on any atom is 0.252 e. The summed E-state index contributed by atoms with van der Waals surface area (Å²) in [7, 11) is 0. The van der Waals surface area contributed by atoms with Crippen molar-refractivity contribution in [3.05, 3.63) is 106 Å². The average molecular weight is 581 g/mol. The fourth-order valence-electron chi connectivity index (χ4n) is 6.59. The van der Waals surface area contributed by atoms with Crippen LogP contribution >= 0.6 is 11.6 Å². The third-order valence-electron chi connectivity index (χ3n) is 8.94. The van der Waals surface area contributed by atoms with Crippen LogP contribution in [-0.2, 0) is 6.42 Å². The minimum absolute atomic E-state index is 0.118. The van der Waals surface area contributed by atoms with Gasteiger partial charge in [-0.1, -0.05) is 38.1 Å². The Morgan fingerprint density at radius 2 is 1.98 bits per heavy atom. The molecule has 0 bridgehead atoms. The summed E-state index contributed by atoms with van der Waals surface area (Å²) in [6.45, 7) is 8.43. The van der Waals surface area contributed by atoms with E-state index in [1.54, 1.807) is 27.4 Å². The molecule has 0 saturated heterocycles. The van der Waals surface area contributed by atoms with Crippen molar-refractivity contribution in [3.8, 4) is 28.1 Å². The number of hydrogen-bond acceptors (Lipinski definition) is 6. The van der Waals surface area contributed by atoms with Crippen molar-refractivity contribution in [2.24, 2.45) is 11.3 Å². The van der Waals surface area contributed by atoms with Gasteiger partial charge in [0.05, 0.1) is 11.7 Å². The molecular formula is C31H26ClFN8O. The number of fused-ring (bicyclic) bond motifs is 4. The molecule has 3 atom stereocenters. The molecule has 0 amide bonds. The quantitative estimate of drug-likeness (QED) is 0.275. The number of aromatic nitrogens is 7. The van der Waals surface area contributed by atoms with E-state index in [1.165, 1.54) is 6.33 Å². The number of aromatic amines is 1. The minimum atomic E-state index is -0.502. The molecule has 42 heavy (non-hydrogen) atoms. The lowest BCUT2D eigenvalue weighted by Crippen LogP contribution is -2.27. The molecule has 1 aliphatic carbocycles. The molecule has 3 aromatic heterocycles. The van der Waals surface area contributed by atoms with Crippen LogP contribution in [0.2, 0.25) is 5.02 Å². The second-order valence-corrected chi connectivity index (χ2v) is 12.5. The lowest BCUT2D eigenvalue weighted by atomic mass is 9.79. The highest BCUT2D eigenvalue weighted by atomic mass is 35.5. The van der Waals surface area contributed by atoms with Crippen LogP contribution in [0, 0.1) is 17.3 Å². The SMILES string of the molecule is C=C1Nc2ccc(-c3nc(C4C5CC5c5cc(-c6cc(Cl)ccc6-n6cnnn6)cc(=O)n54)[nH]c3F)cc2CC1(C)C. The van der Waals surface area contributed by atoms with Crippen molar-refractivity contribution in [1.82, 2.24) is 34.7 Å². The van der Waals surface area contributed by atoms with E-state index in [4.69, 9.17) is 16.6 Å². The molecule has 0 spiro atoms. The average Bonchev–Trinajstić information content (AvgIpc) is 3.25. The Balaban J connectivity index is 1.18. The fourth-order valence-corrected chi connectivity index (χ4v) is 6.77. The number of rotatable bonds is 4. The highest BCUT2D eigenvalue weighted by Crippen LogP contribution is 2.60. The van der Waals surface area contributed by atoms with Gasteiger partial charge >= 0.3 is 0 Å². The molecule has 3 aliphatic rings. The van der Waals surface area contributed by atoms with Gasteiger partial charge in [0.1, 0.15) is 17.8 Å². The normalized spacial score (nSPS) is 21.4. The number of imidazole rings is 1. The van der Waals surface area contributed by atoms with E-state index >= 15 is 4.39 Å². The number of nitrogens with one attached hydrogen (secondary N) is 2. The number of tetrazole rings is 1. The zero-order valence-corrected chi connectivity index (χ0v) is 23.7. The Hall–Kier alpha value is -4.57. The van der Waals surface area contributed by atoms with Crippen LogP contribution in [0.25, 0.3) is 28.1 Å². The van der Waals surface area contributed by atoms with E-state index in [1.807, 2.05) is 30.3 Å². The van der Waals surface area contributed by atoms with Crippen LogP contribution in [0.4, 0.5) is 10.1 Å². The molecule has 5 aromatic rings. The number of allylic oxidation sites excluding steroid dienone is 1. The van der Waals surface area contributed by atoms with Gasteiger partial charge < -0.3 is 14.9 Å². The van der Waals surface area contributed by atoms with Gasteiger partial charge in [0, 0.05) is 50.6 Å². The number of hydrogen-bond donors (Lipinski definition) is 2. The van der Waals surface area contributed by atoms with Crippen molar-refractivity contribution in [3.63, 3.8) is 0 Å². The zero-order valence-electron chi connectivity index (χ0n) is 22.9. The topological polar surface area (TPSA) is 106 Å². The highest BCUT2D eigenvalue weighted by molar-refractivity contribution is 6.31. The first-order valence-electron chi connectivity index (χ1n) is 13.8. The third-order valence-corrected chi connectivity index (χ3v) is 9.17. The van der Waals surface area contributed by atoms with Crippen LogP contribution in [0.3, 0.4) is 0 Å². The number of nitrogens with zero attached hydrogens (tertiary/aromatic N) is 6. The number of halogens is 2. The van der Waals surface area contributed by atoms with E-state index in [2.05, 4.69) is 46.3 Å². The predicted molar refractivity (Wildman–Crippen MR) is 157 cm³/mol. The molecule has 0 radical (unpaired) electrons. The summed E-state index contributed by atoms with van der Waals surface area (Å²) in [5.41, 5.74) is 6.79. The van der Waals surface area contributed by atoms with Gasteiger partial charge in [0.15, 0.2) is 0 Å². The summed E-state index contributed by atoms with van der Waals surface area (Å²) >= 11 is 6.35. The van der Waals surface area contributed by atoms with Gasteiger partial charge in [-0.2, -0.15) is 9.07 Å². The van der Waals surface area contributed by atoms with Gasteiger partial charge in [-0.3, -0.25) is 4.79 Å². The molecule has 8 rings (SSSR count). The molecule has 1 saturated carbocycles. The first kappa shape index (κ1) is 25.2. The lowest BCUT2D eigenvalue weighted by molar-refractivity contribution is 0.439. The molecule has 2 N–H and O–H groups in total. The van der Waals surface area contributed by atoms with E-state index in [9.17, 15) is 4.79 Å². The summed E-state index contributed by atoms with van der Waals surface area (Å²) < 4.78 is 18.8. The lowest BCUT2D eigenvalue weighted by Gasteiger charge is -2.34. The second-order valence-electron chi connectivity index (χ2n) is 12.1. The maximum atomic E-state index is 15.4. The van der Waals surface area contributed by atoms with Crippen LogP contribution < -0.4 is 10.9 Å². The molecule has 1 fully saturated rings. The fraction of sp³-hybridized carbons (Fsp3) is 0.258. The largest absolute Gasteiger partial charge is 0.359 e. The zero-order chi connectivity index (χ0) is 28.9. The summed E-state index contributed by atoms with van der Waals surface area (Å²) in [4.78, 5) is 21.3. The Labute approximate surface area is 245 Å². The monoisotopic (exact) mass is 580 g/mol. The van der Waals surface area contributed by atoms with E-state index in [0.29, 0.717) is 22.1 Å². The first-order chi connectivity index (χ1) is 20.2. The van der Waals surface area contributed by atoms with Crippen LogP contribution in [0.15, 0.2) is 71.9 Å². The smallest absolute Gasteiger partial charge is 0.252 e. The second kappa shape index (κ2) is 8.72. The Kier molecular flexibility index (Phi) is 5.22. The van der Waals surface area contributed by atoms with Crippen molar-refractivity contribution in [2.75, 3.05) is 5.32 Å². The molecule has 3 unspecified atom stereocenters. The van der Waals surface area contributed by atoms with E-state index in [0.717, 1.165) is 46.6 Å². The summed E-state index contributed by atoms with van der Waals surface area (Å²) in [5.74, 6) is 0.326. The molecule has 2 aromatic carbocycles. The number of pyridine rings is 1. The molecule has 5 heterocycles.